The van der Waals surface area contributed by atoms with E-state index < -0.39 is 0 Å². The Hall–Kier alpha value is -0.450. The van der Waals surface area contributed by atoms with Crippen molar-refractivity contribution in [3.8, 4) is 0 Å². The molecular weight excluding hydrogens is 170 g/mol. The molecule has 2 rings (SSSR count). The van der Waals surface area contributed by atoms with Gasteiger partial charge in [0.15, 0.2) is 0 Å². The number of hydrogen-bond donors (Lipinski definition) is 2. The van der Waals surface area contributed by atoms with Crippen LogP contribution in [0.1, 0.15) is 9.88 Å². The van der Waals surface area contributed by atoms with Gasteiger partial charge in [0, 0.05) is 36.8 Å². The molecule has 0 spiro atoms. The fraction of sp³-hybridized carbons (Fsp3) is 0.625. The first kappa shape index (κ1) is 8.16. The zero-order chi connectivity index (χ0) is 8.39. The van der Waals surface area contributed by atoms with Crippen molar-refractivity contribution in [2.45, 2.75) is 19.5 Å². The van der Waals surface area contributed by atoms with E-state index in [0.29, 0.717) is 6.04 Å². The summed E-state index contributed by atoms with van der Waals surface area (Å²) in [6.45, 7) is 5.21. The molecule has 1 fully saturated rings. The first-order valence-electron chi connectivity index (χ1n) is 4.20. The second-order valence-corrected chi connectivity index (χ2v) is 4.42. The normalized spacial score (nSPS) is 17.8. The summed E-state index contributed by atoms with van der Waals surface area (Å²) >= 11 is 1.77. The number of aryl methyl sites for hydroxylation is 1. The molecule has 0 bridgehead atoms. The van der Waals surface area contributed by atoms with Gasteiger partial charge in [-0.2, -0.15) is 0 Å². The molecule has 66 valence electrons. The fourth-order valence-corrected chi connectivity index (χ4v) is 1.89. The number of hydrogen-bond acceptors (Lipinski definition) is 4. The summed E-state index contributed by atoms with van der Waals surface area (Å²) < 4.78 is 0. The van der Waals surface area contributed by atoms with Gasteiger partial charge in [-0.1, -0.05) is 0 Å². The van der Waals surface area contributed by atoms with E-state index in [1.165, 1.54) is 9.88 Å². The number of nitrogens with one attached hydrogen (secondary N) is 2. The molecule has 12 heavy (non-hydrogen) atoms. The monoisotopic (exact) mass is 183 g/mol. The lowest BCUT2D eigenvalue weighted by Gasteiger charge is -2.27. The molecule has 1 aliphatic rings. The predicted octanol–water partition coefficient (Wildman–Crippen LogP) is 0.513. The molecule has 3 nitrogen and oxygen atoms in total. The van der Waals surface area contributed by atoms with Gasteiger partial charge in [0.2, 0.25) is 0 Å². The van der Waals surface area contributed by atoms with Crippen molar-refractivity contribution in [1.29, 1.82) is 0 Å². The Bertz CT molecular complexity index is 255. The van der Waals surface area contributed by atoms with Gasteiger partial charge < -0.3 is 10.6 Å². The molecule has 2 heterocycles. The lowest BCUT2D eigenvalue weighted by molar-refractivity contribution is 0.365. The van der Waals surface area contributed by atoms with Crippen LogP contribution in [0.25, 0.3) is 0 Å². The average molecular weight is 183 g/mol. The molecule has 0 radical (unpaired) electrons. The lowest BCUT2D eigenvalue weighted by Crippen LogP contribution is -2.54. The predicted molar refractivity (Wildman–Crippen MR) is 50.3 cm³/mol. The second-order valence-electron chi connectivity index (χ2n) is 3.10. The van der Waals surface area contributed by atoms with Crippen LogP contribution in [0, 0.1) is 6.92 Å². The number of thiazole rings is 1. The van der Waals surface area contributed by atoms with Gasteiger partial charge in [-0.3, -0.25) is 0 Å². The third-order valence-electron chi connectivity index (χ3n) is 1.99. The molecule has 0 aromatic carbocycles. The highest BCUT2D eigenvalue weighted by molar-refractivity contribution is 7.11. The van der Waals surface area contributed by atoms with Crippen molar-refractivity contribution in [3.05, 3.63) is 16.1 Å². The summed E-state index contributed by atoms with van der Waals surface area (Å²) in [4.78, 5) is 5.57. The standard InChI is InChI=1S/C8H13N3S/c1-6-2-11-8(12-6)5-10-7-3-9-4-7/h2,7,9-10H,3-5H2,1H3. The van der Waals surface area contributed by atoms with Crippen LogP contribution in [-0.2, 0) is 6.54 Å². The number of rotatable bonds is 3. The fourth-order valence-electron chi connectivity index (χ4n) is 1.15. The second kappa shape index (κ2) is 3.51. The summed E-state index contributed by atoms with van der Waals surface area (Å²) in [5.74, 6) is 0. The number of nitrogens with zero attached hydrogens (tertiary/aromatic N) is 1. The van der Waals surface area contributed by atoms with Crippen molar-refractivity contribution >= 4 is 11.3 Å². The Labute approximate surface area is 76.2 Å². The maximum Gasteiger partial charge on any atom is 0.107 e. The molecule has 1 aromatic rings. The Balaban J connectivity index is 1.79. The Morgan fingerprint density at radius 3 is 3.08 bits per heavy atom. The van der Waals surface area contributed by atoms with E-state index in [0.717, 1.165) is 19.6 Å². The Morgan fingerprint density at radius 1 is 1.75 bits per heavy atom. The van der Waals surface area contributed by atoms with Gasteiger partial charge in [0.25, 0.3) is 0 Å². The van der Waals surface area contributed by atoms with E-state index in [1.807, 2.05) is 6.20 Å². The van der Waals surface area contributed by atoms with Crippen LogP contribution in [0.5, 0.6) is 0 Å². The van der Waals surface area contributed by atoms with Gasteiger partial charge in [0.05, 0.1) is 0 Å². The van der Waals surface area contributed by atoms with Crippen LogP contribution < -0.4 is 10.6 Å². The highest BCUT2D eigenvalue weighted by Gasteiger charge is 2.15. The molecule has 4 heteroatoms. The molecule has 0 atom stereocenters. The van der Waals surface area contributed by atoms with Crippen LogP contribution in [0.4, 0.5) is 0 Å². The van der Waals surface area contributed by atoms with E-state index in [4.69, 9.17) is 0 Å². The molecule has 0 unspecified atom stereocenters. The highest BCUT2D eigenvalue weighted by Crippen LogP contribution is 2.10. The quantitative estimate of drug-likeness (QED) is 0.717. The average Bonchev–Trinajstić information content (AvgIpc) is 2.32. The molecule has 1 aliphatic heterocycles. The van der Waals surface area contributed by atoms with Crippen molar-refractivity contribution < 1.29 is 0 Å². The maximum atomic E-state index is 4.28. The van der Waals surface area contributed by atoms with Crippen LogP contribution >= 0.6 is 11.3 Å². The van der Waals surface area contributed by atoms with Gasteiger partial charge in [0.1, 0.15) is 5.01 Å². The van der Waals surface area contributed by atoms with E-state index in [-0.39, 0.29) is 0 Å². The van der Waals surface area contributed by atoms with Gasteiger partial charge in [-0.05, 0) is 6.92 Å². The topological polar surface area (TPSA) is 37.0 Å². The smallest absolute Gasteiger partial charge is 0.107 e. The SMILES string of the molecule is Cc1cnc(CNC2CNC2)s1. The number of aromatic nitrogens is 1. The van der Waals surface area contributed by atoms with Crippen LogP contribution in [0.2, 0.25) is 0 Å². The largest absolute Gasteiger partial charge is 0.314 e. The molecule has 1 saturated heterocycles. The van der Waals surface area contributed by atoms with Crippen LogP contribution in [-0.4, -0.2) is 24.1 Å². The first-order valence-corrected chi connectivity index (χ1v) is 5.01. The maximum absolute atomic E-state index is 4.28. The summed E-state index contributed by atoms with van der Waals surface area (Å²) in [6.07, 6.45) is 1.93. The van der Waals surface area contributed by atoms with Crippen molar-refractivity contribution in [1.82, 2.24) is 15.6 Å². The zero-order valence-corrected chi connectivity index (χ0v) is 7.95. The summed E-state index contributed by atoms with van der Waals surface area (Å²) in [7, 11) is 0. The van der Waals surface area contributed by atoms with E-state index >= 15 is 0 Å². The van der Waals surface area contributed by atoms with Gasteiger partial charge in [-0.15, -0.1) is 11.3 Å². The lowest BCUT2D eigenvalue weighted by atomic mass is 10.2. The van der Waals surface area contributed by atoms with Crippen molar-refractivity contribution in [3.63, 3.8) is 0 Å². The highest BCUT2D eigenvalue weighted by atomic mass is 32.1. The zero-order valence-electron chi connectivity index (χ0n) is 7.13. The van der Waals surface area contributed by atoms with E-state index in [1.54, 1.807) is 11.3 Å². The van der Waals surface area contributed by atoms with E-state index in [2.05, 4.69) is 22.5 Å². The Morgan fingerprint density at radius 2 is 2.58 bits per heavy atom. The molecular formula is C8H13N3S. The minimum atomic E-state index is 0.661. The first-order chi connectivity index (χ1) is 5.84. The Kier molecular flexibility index (Phi) is 2.39. The van der Waals surface area contributed by atoms with Gasteiger partial charge in [-0.25, -0.2) is 4.98 Å². The van der Waals surface area contributed by atoms with Crippen LogP contribution in [0.3, 0.4) is 0 Å². The van der Waals surface area contributed by atoms with E-state index in [9.17, 15) is 0 Å². The van der Waals surface area contributed by atoms with Gasteiger partial charge >= 0.3 is 0 Å². The van der Waals surface area contributed by atoms with Crippen molar-refractivity contribution in [2.75, 3.05) is 13.1 Å². The molecule has 0 amide bonds. The molecule has 1 aromatic heterocycles. The molecule has 2 N–H and O–H groups in total. The summed E-state index contributed by atoms with van der Waals surface area (Å²) in [5.41, 5.74) is 0. The molecule has 0 saturated carbocycles. The summed E-state index contributed by atoms with van der Waals surface area (Å²) in [5, 5.41) is 7.85. The van der Waals surface area contributed by atoms with Crippen LogP contribution in [0.15, 0.2) is 6.20 Å². The summed E-state index contributed by atoms with van der Waals surface area (Å²) in [6, 6.07) is 0.661. The minimum Gasteiger partial charge on any atom is -0.314 e. The molecule has 0 aliphatic carbocycles. The van der Waals surface area contributed by atoms with Crippen molar-refractivity contribution in [2.24, 2.45) is 0 Å². The third-order valence-corrected chi connectivity index (χ3v) is 2.91. The minimum absolute atomic E-state index is 0.661. The third kappa shape index (κ3) is 1.83.